The Labute approximate surface area is 109 Å². The van der Waals surface area contributed by atoms with Gasteiger partial charge in [0, 0.05) is 24.5 Å². The van der Waals surface area contributed by atoms with Crippen LogP contribution in [0.3, 0.4) is 0 Å². The molecule has 0 bridgehead atoms. The minimum absolute atomic E-state index is 0.500. The van der Waals surface area contributed by atoms with Crippen molar-refractivity contribution in [2.45, 2.75) is 50.9 Å². The van der Waals surface area contributed by atoms with Crippen molar-refractivity contribution in [3.05, 3.63) is 24.0 Å². The molecule has 0 spiro atoms. The fraction of sp³-hybridized carbons (Fsp3) is 0.643. The molecule has 1 saturated heterocycles. The maximum Gasteiger partial charge on any atom is 0.0648 e. The second kappa shape index (κ2) is 6.25. The number of hydrogen-bond donors (Lipinski definition) is 0. The average Bonchev–Trinajstić information content (AvgIpc) is 2.40. The molecule has 0 saturated carbocycles. The van der Waals surface area contributed by atoms with Crippen LogP contribution in [0.2, 0.25) is 0 Å². The van der Waals surface area contributed by atoms with Crippen molar-refractivity contribution in [2.75, 3.05) is 11.4 Å². The molecule has 1 aliphatic heterocycles. The quantitative estimate of drug-likeness (QED) is 0.754. The van der Waals surface area contributed by atoms with Gasteiger partial charge in [-0.1, -0.05) is 13.3 Å². The SMILES string of the molecule is CCCC1CCCCN1c1ccnc(CCl)c1. The Morgan fingerprint density at radius 3 is 3.12 bits per heavy atom. The van der Waals surface area contributed by atoms with Crippen molar-refractivity contribution in [1.29, 1.82) is 0 Å². The Balaban J connectivity index is 2.16. The molecule has 0 amide bonds. The molecule has 1 aromatic rings. The molecule has 1 atom stereocenters. The Morgan fingerprint density at radius 1 is 1.47 bits per heavy atom. The predicted molar refractivity (Wildman–Crippen MR) is 73.7 cm³/mol. The van der Waals surface area contributed by atoms with Gasteiger partial charge in [-0.15, -0.1) is 11.6 Å². The van der Waals surface area contributed by atoms with Gasteiger partial charge in [-0.2, -0.15) is 0 Å². The summed E-state index contributed by atoms with van der Waals surface area (Å²) in [5, 5.41) is 0. The van der Waals surface area contributed by atoms with Crippen LogP contribution in [0.5, 0.6) is 0 Å². The molecule has 2 nitrogen and oxygen atoms in total. The van der Waals surface area contributed by atoms with E-state index in [1.165, 1.54) is 44.3 Å². The van der Waals surface area contributed by atoms with Gasteiger partial charge in [0.1, 0.15) is 0 Å². The highest BCUT2D eigenvalue weighted by Gasteiger charge is 2.21. The molecular weight excluding hydrogens is 232 g/mol. The molecule has 0 aliphatic carbocycles. The van der Waals surface area contributed by atoms with Crippen molar-refractivity contribution in [2.24, 2.45) is 0 Å². The number of halogens is 1. The summed E-state index contributed by atoms with van der Waals surface area (Å²) in [5.41, 5.74) is 2.28. The molecular formula is C14H21ClN2. The van der Waals surface area contributed by atoms with Gasteiger partial charge in [-0.25, -0.2) is 0 Å². The van der Waals surface area contributed by atoms with Crippen molar-refractivity contribution in [3.63, 3.8) is 0 Å². The van der Waals surface area contributed by atoms with E-state index in [9.17, 15) is 0 Å². The van der Waals surface area contributed by atoms with E-state index in [4.69, 9.17) is 11.6 Å². The Kier molecular flexibility index (Phi) is 4.66. The maximum atomic E-state index is 5.85. The monoisotopic (exact) mass is 252 g/mol. The van der Waals surface area contributed by atoms with Crippen LogP contribution in [0.4, 0.5) is 5.69 Å². The first kappa shape index (κ1) is 12.7. The number of rotatable bonds is 4. The van der Waals surface area contributed by atoms with E-state index in [2.05, 4.69) is 28.9 Å². The number of anilines is 1. The zero-order valence-corrected chi connectivity index (χ0v) is 11.3. The summed E-state index contributed by atoms with van der Waals surface area (Å²) in [6.07, 6.45) is 8.43. The number of aromatic nitrogens is 1. The minimum atomic E-state index is 0.500. The first-order valence-electron chi connectivity index (χ1n) is 6.62. The molecule has 1 aliphatic rings. The van der Waals surface area contributed by atoms with E-state index in [1.54, 1.807) is 0 Å². The zero-order valence-electron chi connectivity index (χ0n) is 10.5. The summed E-state index contributed by atoms with van der Waals surface area (Å²) in [6, 6.07) is 4.96. The maximum absolute atomic E-state index is 5.85. The third-order valence-electron chi connectivity index (χ3n) is 3.52. The van der Waals surface area contributed by atoms with Crippen molar-refractivity contribution >= 4 is 17.3 Å². The number of nitrogens with zero attached hydrogens (tertiary/aromatic N) is 2. The number of alkyl halides is 1. The lowest BCUT2D eigenvalue weighted by Gasteiger charge is -2.37. The second-order valence-corrected chi connectivity index (χ2v) is 5.04. The van der Waals surface area contributed by atoms with Crippen LogP contribution in [-0.2, 0) is 5.88 Å². The normalized spacial score (nSPS) is 20.6. The van der Waals surface area contributed by atoms with Crippen LogP contribution in [0.1, 0.15) is 44.7 Å². The zero-order chi connectivity index (χ0) is 12.1. The molecule has 0 radical (unpaired) electrons. The summed E-state index contributed by atoms with van der Waals surface area (Å²) in [7, 11) is 0. The predicted octanol–water partition coefficient (Wildman–Crippen LogP) is 3.98. The molecule has 94 valence electrons. The van der Waals surface area contributed by atoms with Crippen LogP contribution in [0, 0.1) is 0 Å². The summed E-state index contributed by atoms with van der Waals surface area (Å²) in [6.45, 7) is 3.44. The molecule has 1 aromatic heterocycles. The van der Waals surface area contributed by atoms with Gasteiger partial charge < -0.3 is 4.90 Å². The minimum Gasteiger partial charge on any atom is -0.368 e. The van der Waals surface area contributed by atoms with Gasteiger partial charge in [-0.3, -0.25) is 4.98 Å². The molecule has 2 rings (SSSR count). The van der Waals surface area contributed by atoms with E-state index in [0.717, 1.165) is 5.69 Å². The van der Waals surface area contributed by atoms with Crippen molar-refractivity contribution < 1.29 is 0 Å². The lowest BCUT2D eigenvalue weighted by atomic mass is 9.97. The van der Waals surface area contributed by atoms with Crippen LogP contribution in [0.15, 0.2) is 18.3 Å². The first-order chi connectivity index (χ1) is 8.35. The van der Waals surface area contributed by atoms with Crippen LogP contribution in [0.25, 0.3) is 0 Å². The molecule has 1 unspecified atom stereocenters. The highest BCUT2D eigenvalue weighted by molar-refractivity contribution is 6.16. The third kappa shape index (κ3) is 3.12. The molecule has 2 heterocycles. The standard InChI is InChI=1S/C14H21ClN2/c1-2-5-13-6-3-4-9-17(13)14-7-8-16-12(10-14)11-15/h7-8,10,13H,2-6,9,11H2,1H3. The fourth-order valence-electron chi connectivity index (χ4n) is 2.69. The third-order valence-corrected chi connectivity index (χ3v) is 3.79. The lowest BCUT2D eigenvalue weighted by Crippen LogP contribution is -2.39. The van der Waals surface area contributed by atoms with Gasteiger partial charge in [0.2, 0.25) is 0 Å². The van der Waals surface area contributed by atoms with E-state index in [0.29, 0.717) is 11.9 Å². The molecule has 3 heteroatoms. The van der Waals surface area contributed by atoms with E-state index >= 15 is 0 Å². The smallest absolute Gasteiger partial charge is 0.0648 e. The molecule has 17 heavy (non-hydrogen) atoms. The number of hydrogen-bond acceptors (Lipinski definition) is 2. The topological polar surface area (TPSA) is 16.1 Å². The largest absolute Gasteiger partial charge is 0.368 e. The first-order valence-corrected chi connectivity index (χ1v) is 7.16. The Morgan fingerprint density at radius 2 is 2.35 bits per heavy atom. The van der Waals surface area contributed by atoms with Gasteiger partial charge in [0.15, 0.2) is 0 Å². The lowest BCUT2D eigenvalue weighted by molar-refractivity contribution is 0.434. The Hall–Kier alpha value is -0.760. The number of piperidine rings is 1. The summed E-state index contributed by atoms with van der Waals surface area (Å²) < 4.78 is 0. The number of pyridine rings is 1. The van der Waals surface area contributed by atoms with E-state index < -0.39 is 0 Å². The van der Waals surface area contributed by atoms with Gasteiger partial charge in [0.25, 0.3) is 0 Å². The second-order valence-electron chi connectivity index (χ2n) is 4.77. The van der Waals surface area contributed by atoms with E-state index in [1.807, 2.05) is 6.20 Å². The van der Waals surface area contributed by atoms with Crippen LogP contribution in [-0.4, -0.2) is 17.6 Å². The Bertz CT molecular complexity index is 352. The molecule has 1 fully saturated rings. The van der Waals surface area contributed by atoms with Crippen LogP contribution >= 0.6 is 11.6 Å². The van der Waals surface area contributed by atoms with E-state index in [-0.39, 0.29) is 0 Å². The van der Waals surface area contributed by atoms with Gasteiger partial charge in [-0.05, 0) is 37.8 Å². The fourth-order valence-corrected chi connectivity index (χ4v) is 2.84. The van der Waals surface area contributed by atoms with Gasteiger partial charge >= 0.3 is 0 Å². The highest BCUT2D eigenvalue weighted by Crippen LogP contribution is 2.27. The van der Waals surface area contributed by atoms with Crippen molar-refractivity contribution in [1.82, 2.24) is 4.98 Å². The molecule has 0 N–H and O–H groups in total. The van der Waals surface area contributed by atoms with Gasteiger partial charge in [0.05, 0.1) is 11.6 Å². The van der Waals surface area contributed by atoms with Crippen molar-refractivity contribution in [3.8, 4) is 0 Å². The molecule has 0 aromatic carbocycles. The summed E-state index contributed by atoms with van der Waals surface area (Å²) >= 11 is 5.85. The van der Waals surface area contributed by atoms with Crippen LogP contribution < -0.4 is 4.90 Å². The summed E-state index contributed by atoms with van der Waals surface area (Å²) in [4.78, 5) is 6.81. The summed E-state index contributed by atoms with van der Waals surface area (Å²) in [5.74, 6) is 0.500. The highest BCUT2D eigenvalue weighted by atomic mass is 35.5. The average molecular weight is 253 g/mol.